The summed E-state index contributed by atoms with van der Waals surface area (Å²) in [5.41, 5.74) is 0.632. The maximum absolute atomic E-state index is 12.0. The zero-order valence-corrected chi connectivity index (χ0v) is 15.9. The number of amides is 1. The molecule has 1 atom stereocenters. The summed E-state index contributed by atoms with van der Waals surface area (Å²) in [4.78, 5) is 12.0. The lowest BCUT2D eigenvalue weighted by atomic mass is 10.1. The highest BCUT2D eigenvalue weighted by atomic mass is 35.5. The first-order valence-corrected chi connectivity index (χ1v) is 10.8. The van der Waals surface area contributed by atoms with Gasteiger partial charge in [-0.15, -0.1) is 10.2 Å². The molecule has 134 valence electrons. The van der Waals surface area contributed by atoms with Crippen LogP contribution in [-0.4, -0.2) is 46.3 Å². The number of hydrogen-bond acceptors (Lipinski definition) is 6. The molecule has 2 aromatic rings. The van der Waals surface area contributed by atoms with E-state index in [0.29, 0.717) is 28.1 Å². The molecule has 1 fully saturated rings. The minimum absolute atomic E-state index is 0.110. The number of hydrogen-bond donors (Lipinski definition) is 1. The van der Waals surface area contributed by atoms with Crippen molar-refractivity contribution in [2.45, 2.75) is 17.5 Å². The van der Waals surface area contributed by atoms with Crippen LogP contribution >= 0.6 is 23.4 Å². The maximum atomic E-state index is 12.0. The van der Waals surface area contributed by atoms with E-state index >= 15 is 0 Å². The van der Waals surface area contributed by atoms with Crippen LogP contribution in [0.1, 0.15) is 18.2 Å². The molecular weight excluding hydrogens is 384 g/mol. The fraction of sp³-hybridized carbons (Fsp3) is 0.400. The van der Waals surface area contributed by atoms with Crippen LogP contribution in [0.25, 0.3) is 0 Å². The molecule has 1 aliphatic rings. The van der Waals surface area contributed by atoms with Gasteiger partial charge in [0.15, 0.2) is 15.0 Å². The third kappa shape index (κ3) is 4.53. The molecule has 7 nitrogen and oxygen atoms in total. The first kappa shape index (κ1) is 18.2. The lowest BCUT2D eigenvalue weighted by molar-refractivity contribution is -0.113. The van der Waals surface area contributed by atoms with Crippen LogP contribution in [0.5, 0.6) is 0 Å². The number of thioether (sulfide) groups is 1. The summed E-state index contributed by atoms with van der Waals surface area (Å²) in [6.07, 6.45) is 0.564. The molecular formula is C15H17ClN4O3S2. The number of sulfone groups is 1. The predicted molar refractivity (Wildman–Crippen MR) is 97.8 cm³/mol. The number of carbonyl (C=O) groups is 1. The van der Waals surface area contributed by atoms with Crippen molar-refractivity contribution in [1.29, 1.82) is 0 Å². The first-order chi connectivity index (χ1) is 11.8. The van der Waals surface area contributed by atoms with Crippen LogP contribution in [-0.2, 0) is 21.7 Å². The summed E-state index contributed by atoms with van der Waals surface area (Å²) in [5, 5.41) is 12.1. The number of nitrogens with one attached hydrogen (secondary N) is 1. The number of benzene rings is 1. The minimum atomic E-state index is -2.98. The Labute approximate surface area is 155 Å². The average molecular weight is 401 g/mol. The Morgan fingerprint density at radius 2 is 2.24 bits per heavy atom. The van der Waals surface area contributed by atoms with E-state index in [-0.39, 0.29) is 29.1 Å². The molecule has 1 amide bonds. The zero-order valence-electron chi connectivity index (χ0n) is 13.5. The number of anilines is 1. The second-order valence-electron chi connectivity index (χ2n) is 5.85. The zero-order chi connectivity index (χ0) is 18.0. The molecule has 1 saturated heterocycles. The van der Waals surface area contributed by atoms with Crippen molar-refractivity contribution in [1.82, 2.24) is 14.8 Å². The van der Waals surface area contributed by atoms with Crippen molar-refractivity contribution >= 4 is 44.8 Å². The van der Waals surface area contributed by atoms with Crippen LogP contribution in [0, 0.1) is 0 Å². The fourth-order valence-electron chi connectivity index (χ4n) is 2.70. The molecule has 0 aliphatic carbocycles. The largest absolute Gasteiger partial charge is 0.325 e. The summed E-state index contributed by atoms with van der Waals surface area (Å²) in [5.74, 6) is 0.811. The second-order valence-corrected chi connectivity index (χ2v) is 9.45. The van der Waals surface area contributed by atoms with Crippen LogP contribution in [0.4, 0.5) is 5.69 Å². The molecule has 2 heterocycles. The lowest BCUT2D eigenvalue weighted by Crippen LogP contribution is -2.14. The van der Waals surface area contributed by atoms with Gasteiger partial charge in [-0.2, -0.15) is 0 Å². The SMILES string of the molecule is Cn1c(SCC(=O)Nc2cccc(Cl)c2)nnc1C1CCS(=O)(=O)C1. The highest BCUT2D eigenvalue weighted by molar-refractivity contribution is 7.99. The van der Waals surface area contributed by atoms with Gasteiger partial charge in [-0.1, -0.05) is 29.4 Å². The van der Waals surface area contributed by atoms with E-state index in [1.807, 2.05) is 0 Å². The van der Waals surface area contributed by atoms with Gasteiger partial charge < -0.3 is 9.88 Å². The third-order valence-corrected chi connectivity index (χ3v) is 6.93. The Morgan fingerprint density at radius 3 is 2.92 bits per heavy atom. The van der Waals surface area contributed by atoms with Crippen LogP contribution < -0.4 is 5.32 Å². The Hall–Kier alpha value is -1.58. The van der Waals surface area contributed by atoms with Crippen molar-refractivity contribution in [3.8, 4) is 0 Å². The van der Waals surface area contributed by atoms with E-state index in [1.165, 1.54) is 11.8 Å². The van der Waals surface area contributed by atoms with E-state index < -0.39 is 9.84 Å². The number of carbonyl (C=O) groups excluding carboxylic acids is 1. The molecule has 25 heavy (non-hydrogen) atoms. The summed E-state index contributed by atoms with van der Waals surface area (Å²) < 4.78 is 25.0. The highest BCUT2D eigenvalue weighted by Crippen LogP contribution is 2.29. The van der Waals surface area contributed by atoms with Gasteiger partial charge in [-0.25, -0.2) is 8.42 Å². The van der Waals surface area contributed by atoms with Gasteiger partial charge in [0.2, 0.25) is 5.91 Å². The number of halogens is 1. The Morgan fingerprint density at radius 1 is 1.44 bits per heavy atom. The predicted octanol–water partition coefficient (Wildman–Crippen LogP) is 2.10. The molecule has 1 unspecified atom stereocenters. The Bertz CT molecular complexity index is 898. The van der Waals surface area contributed by atoms with E-state index in [0.717, 1.165) is 0 Å². The lowest BCUT2D eigenvalue weighted by Gasteiger charge is -2.08. The standard InChI is InChI=1S/C15H17ClN4O3S2/c1-20-14(10-5-6-25(22,23)9-10)18-19-15(20)24-8-13(21)17-12-4-2-3-11(16)7-12/h2-4,7,10H,5-6,8-9H2,1H3,(H,17,21). The molecule has 0 radical (unpaired) electrons. The molecule has 1 aromatic heterocycles. The van der Waals surface area contributed by atoms with E-state index in [1.54, 1.807) is 35.9 Å². The van der Waals surface area contributed by atoms with Gasteiger partial charge in [0.25, 0.3) is 0 Å². The smallest absolute Gasteiger partial charge is 0.234 e. The molecule has 1 aromatic carbocycles. The highest BCUT2D eigenvalue weighted by Gasteiger charge is 2.32. The van der Waals surface area contributed by atoms with Gasteiger partial charge in [-0.3, -0.25) is 4.79 Å². The quantitative estimate of drug-likeness (QED) is 0.772. The van der Waals surface area contributed by atoms with E-state index in [2.05, 4.69) is 15.5 Å². The maximum Gasteiger partial charge on any atom is 0.234 e. The fourth-order valence-corrected chi connectivity index (χ4v) is 5.35. The number of rotatable bonds is 5. The summed E-state index contributed by atoms with van der Waals surface area (Å²) in [6.45, 7) is 0. The first-order valence-electron chi connectivity index (χ1n) is 7.62. The second kappa shape index (κ2) is 7.35. The van der Waals surface area contributed by atoms with Crippen LogP contribution in [0.3, 0.4) is 0 Å². The summed E-state index contributed by atoms with van der Waals surface area (Å²) >= 11 is 7.14. The molecule has 0 spiro atoms. The minimum Gasteiger partial charge on any atom is -0.325 e. The monoisotopic (exact) mass is 400 g/mol. The van der Waals surface area contributed by atoms with Gasteiger partial charge in [-0.05, 0) is 24.6 Å². The van der Waals surface area contributed by atoms with Crippen molar-refractivity contribution < 1.29 is 13.2 Å². The molecule has 3 rings (SSSR count). The number of nitrogens with zero attached hydrogens (tertiary/aromatic N) is 3. The normalized spacial score (nSPS) is 19.0. The van der Waals surface area contributed by atoms with Gasteiger partial charge in [0.1, 0.15) is 5.82 Å². The van der Waals surface area contributed by atoms with Crippen molar-refractivity contribution in [2.24, 2.45) is 7.05 Å². The molecule has 1 N–H and O–H groups in total. The average Bonchev–Trinajstić information content (AvgIpc) is 3.07. The van der Waals surface area contributed by atoms with Crippen molar-refractivity contribution in [3.63, 3.8) is 0 Å². The third-order valence-electron chi connectivity index (χ3n) is 3.91. The molecule has 10 heteroatoms. The van der Waals surface area contributed by atoms with Crippen LogP contribution in [0.15, 0.2) is 29.4 Å². The van der Waals surface area contributed by atoms with Crippen LogP contribution in [0.2, 0.25) is 5.02 Å². The van der Waals surface area contributed by atoms with Gasteiger partial charge in [0.05, 0.1) is 17.3 Å². The number of aromatic nitrogens is 3. The van der Waals surface area contributed by atoms with Gasteiger partial charge >= 0.3 is 0 Å². The van der Waals surface area contributed by atoms with Gasteiger partial charge in [0, 0.05) is 23.7 Å². The topological polar surface area (TPSA) is 93.9 Å². The molecule has 1 aliphatic heterocycles. The molecule has 0 bridgehead atoms. The van der Waals surface area contributed by atoms with Crippen molar-refractivity contribution in [3.05, 3.63) is 35.1 Å². The summed E-state index contributed by atoms with van der Waals surface area (Å²) in [7, 11) is -1.19. The van der Waals surface area contributed by atoms with Crippen molar-refractivity contribution in [2.75, 3.05) is 22.6 Å². The Balaban J connectivity index is 1.59. The Kier molecular flexibility index (Phi) is 5.35. The summed E-state index contributed by atoms with van der Waals surface area (Å²) in [6, 6.07) is 6.92. The van der Waals surface area contributed by atoms with E-state index in [9.17, 15) is 13.2 Å². The molecule has 0 saturated carbocycles. The van der Waals surface area contributed by atoms with E-state index in [4.69, 9.17) is 11.6 Å².